The average Bonchev–Trinajstić information content (AvgIpc) is 3.23. The summed E-state index contributed by atoms with van der Waals surface area (Å²) < 4.78 is 11.6. The summed E-state index contributed by atoms with van der Waals surface area (Å²) in [4.78, 5) is 18.4. The Balaban J connectivity index is 1.53. The van der Waals surface area contributed by atoms with E-state index in [0.717, 1.165) is 48.4 Å². The molecule has 2 aromatic carbocycles. The van der Waals surface area contributed by atoms with Gasteiger partial charge in [-0.1, -0.05) is 42.8 Å². The number of hydrogen-bond acceptors (Lipinski definition) is 5. The maximum Gasteiger partial charge on any atom is 0.336 e. The quantitative estimate of drug-likeness (QED) is 0.613. The fraction of sp³-hybridized carbons (Fsp3) is 0.333. The predicted molar refractivity (Wildman–Crippen MR) is 113 cm³/mol. The first-order valence-corrected chi connectivity index (χ1v) is 10.3. The van der Waals surface area contributed by atoms with Gasteiger partial charge in [-0.05, 0) is 37.1 Å². The molecule has 1 aliphatic heterocycles. The number of methoxy groups -OCH3 is 1. The highest BCUT2D eigenvalue weighted by atomic mass is 16.5. The second-order valence-electron chi connectivity index (χ2n) is 7.60. The van der Waals surface area contributed by atoms with Gasteiger partial charge in [0.25, 0.3) is 0 Å². The Morgan fingerprint density at radius 3 is 2.73 bits per heavy atom. The number of rotatable bonds is 7. The van der Waals surface area contributed by atoms with E-state index in [4.69, 9.17) is 9.15 Å². The second-order valence-corrected chi connectivity index (χ2v) is 7.60. The first-order valence-electron chi connectivity index (χ1n) is 10.3. The standard InChI is InChI=1S/C24H26N2O4/c1-29-22-12-5-3-8-17(22)14-19-15-25-23(30-19)21-11-6-7-13-26(21)16-18-9-2-4-10-20(18)24(27)28/h2-5,8-10,12,15,21H,6-7,11,13-14,16H2,1H3,(H,27,28). The van der Waals surface area contributed by atoms with Gasteiger partial charge in [-0.3, -0.25) is 4.90 Å². The van der Waals surface area contributed by atoms with Crippen LogP contribution in [-0.2, 0) is 13.0 Å². The molecule has 1 saturated heterocycles. The summed E-state index contributed by atoms with van der Waals surface area (Å²) in [6.07, 6.45) is 5.54. The van der Waals surface area contributed by atoms with Gasteiger partial charge in [0.1, 0.15) is 11.5 Å². The molecule has 2 heterocycles. The average molecular weight is 406 g/mol. The fourth-order valence-electron chi connectivity index (χ4n) is 4.14. The Hall–Kier alpha value is -3.12. The molecule has 0 aliphatic carbocycles. The van der Waals surface area contributed by atoms with Crippen molar-refractivity contribution in [3.05, 3.63) is 83.1 Å². The van der Waals surface area contributed by atoms with E-state index < -0.39 is 5.97 Å². The highest BCUT2D eigenvalue weighted by Gasteiger charge is 2.29. The van der Waals surface area contributed by atoms with E-state index in [9.17, 15) is 9.90 Å². The Kier molecular flexibility index (Phi) is 6.14. The first-order chi connectivity index (χ1) is 14.7. The normalized spacial score (nSPS) is 17.0. The zero-order valence-electron chi connectivity index (χ0n) is 17.1. The minimum Gasteiger partial charge on any atom is -0.496 e. The number of benzene rings is 2. The van der Waals surface area contributed by atoms with Gasteiger partial charge in [0.15, 0.2) is 0 Å². The topological polar surface area (TPSA) is 75.8 Å². The number of carboxylic acids is 1. The van der Waals surface area contributed by atoms with Crippen LogP contribution in [0.1, 0.15) is 58.4 Å². The van der Waals surface area contributed by atoms with Crippen LogP contribution in [0.3, 0.4) is 0 Å². The van der Waals surface area contributed by atoms with Gasteiger partial charge in [-0.25, -0.2) is 9.78 Å². The molecular formula is C24H26N2O4. The largest absolute Gasteiger partial charge is 0.496 e. The third-order valence-electron chi connectivity index (χ3n) is 5.65. The third kappa shape index (κ3) is 4.39. The van der Waals surface area contributed by atoms with E-state index in [1.54, 1.807) is 25.4 Å². The van der Waals surface area contributed by atoms with Crippen molar-refractivity contribution in [1.82, 2.24) is 9.88 Å². The van der Waals surface area contributed by atoms with E-state index in [0.29, 0.717) is 24.4 Å². The van der Waals surface area contributed by atoms with Crippen molar-refractivity contribution < 1.29 is 19.1 Å². The molecule has 0 radical (unpaired) electrons. The number of aromatic nitrogens is 1. The van der Waals surface area contributed by atoms with Crippen LogP contribution >= 0.6 is 0 Å². The monoisotopic (exact) mass is 406 g/mol. The van der Waals surface area contributed by atoms with Crippen molar-refractivity contribution in [2.75, 3.05) is 13.7 Å². The van der Waals surface area contributed by atoms with Gasteiger partial charge in [-0.2, -0.15) is 0 Å². The Morgan fingerprint density at radius 2 is 1.93 bits per heavy atom. The molecule has 1 N–H and O–H groups in total. The van der Waals surface area contributed by atoms with Crippen molar-refractivity contribution >= 4 is 5.97 Å². The van der Waals surface area contributed by atoms with Crippen LogP contribution in [0, 0.1) is 0 Å². The highest BCUT2D eigenvalue weighted by molar-refractivity contribution is 5.89. The smallest absolute Gasteiger partial charge is 0.336 e. The van der Waals surface area contributed by atoms with Gasteiger partial charge < -0.3 is 14.3 Å². The van der Waals surface area contributed by atoms with Crippen molar-refractivity contribution in [3.8, 4) is 5.75 Å². The molecule has 1 aromatic heterocycles. The van der Waals surface area contributed by atoms with Gasteiger partial charge in [-0.15, -0.1) is 0 Å². The Bertz CT molecular complexity index is 1010. The lowest BCUT2D eigenvalue weighted by atomic mass is 9.99. The van der Waals surface area contributed by atoms with E-state index >= 15 is 0 Å². The summed E-state index contributed by atoms with van der Waals surface area (Å²) in [6, 6.07) is 15.1. The lowest BCUT2D eigenvalue weighted by molar-refractivity contribution is 0.0691. The van der Waals surface area contributed by atoms with Gasteiger partial charge in [0.2, 0.25) is 5.89 Å². The number of oxazole rings is 1. The maximum absolute atomic E-state index is 11.6. The molecule has 0 amide bonds. The van der Waals surface area contributed by atoms with Crippen molar-refractivity contribution in [3.63, 3.8) is 0 Å². The van der Waals surface area contributed by atoms with Gasteiger partial charge in [0.05, 0.1) is 24.9 Å². The number of carboxylic acid groups (broad SMARTS) is 1. The Morgan fingerprint density at radius 1 is 1.17 bits per heavy atom. The first kappa shape index (κ1) is 20.2. The predicted octanol–water partition coefficient (Wildman–Crippen LogP) is 4.70. The zero-order chi connectivity index (χ0) is 20.9. The molecule has 6 heteroatoms. The minimum absolute atomic E-state index is 0.0482. The number of nitrogens with zero attached hydrogens (tertiary/aromatic N) is 2. The number of para-hydroxylation sites is 1. The highest BCUT2D eigenvalue weighted by Crippen LogP contribution is 2.33. The molecule has 4 rings (SSSR count). The minimum atomic E-state index is -0.894. The fourth-order valence-corrected chi connectivity index (χ4v) is 4.14. The van der Waals surface area contributed by atoms with Crippen LogP contribution in [0.4, 0.5) is 0 Å². The molecule has 0 spiro atoms. The molecule has 6 nitrogen and oxygen atoms in total. The molecule has 1 fully saturated rings. The van der Waals surface area contributed by atoms with Crippen LogP contribution in [0.25, 0.3) is 0 Å². The number of piperidine rings is 1. The van der Waals surface area contributed by atoms with Crippen LogP contribution in [0.15, 0.2) is 59.1 Å². The molecule has 1 atom stereocenters. The van der Waals surface area contributed by atoms with Gasteiger partial charge in [0, 0.05) is 18.5 Å². The molecule has 3 aromatic rings. The number of hydrogen-bond donors (Lipinski definition) is 1. The van der Waals surface area contributed by atoms with Gasteiger partial charge >= 0.3 is 5.97 Å². The molecule has 1 unspecified atom stereocenters. The molecule has 0 bridgehead atoms. The summed E-state index contributed by atoms with van der Waals surface area (Å²) in [6.45, 7) is 1.46. The van der Waals surface area contributed by atoms with Crippen molar-refractivity contribution in [2.45, 2.75) is 38.3 Å². The number of aromatic carboxylic acids is 1. The second kappa shape index (κ2) is 9.13. The van der Waals surface area contributed by atoms with E-state index in [-0.39, 0.29) is 6.04 Å². The molecule has 0 saturated carbocycles. The Labute approximate surface area is 176 Å². The summed E-state index contributed by atoms with van der Waals surface area (Å²) in [7, 11) is 1.67. The maximum atomic E-state index is 11.6. The lowest BCUT2D eigenvalue weighted by Crippen LogP contribution is -2.33. The molecule has 30 heavy (non-hydrogen) atoms. The van der Waals surface area contributed by atoms with Crippen LogP contribution < -0.4 is 4.74 Å². The lowest BCUT2D eigenvalue weighted by Gasteiger charge is -2.34. The van der Waals surface area contributed by atoms with Crippen molar-refractivity contribution in [2.24, 2.45) is 0 Å². The van der Waals surface area contributed by atoms with Crippen LogP contribution in [0.2, 0.25) is 0 Å². The van der Waals surface area contributed by atoms with E-state index in [2.05, 4.69) is 9.88 Å². The number of ether oxygens (including phenoxy) is 1. The number of likely N-dealkylation sites (tertiary alicyclic amines) is 1. The number of carbonyl (C=O) groups is 1. The zero-order valence-corrected chi connectivity index (χ0v) is 17.1. The van der Waals surface area contributed by atoms with Crippen molar-refractivity contribution in [1.29, 1.82) is 0 Å². The summed E-state index contributed by atoms with van der Waals surface area (Å²) in [5, 5.41) is 9.50. The summed E-state index contributed by atoms with van der Waals surface area (Å²) >= 11 is 0. The summed E-state index contributed by atoms with van der Waals surface area (Å²) in [5.74, 6) is 1.44. The SMILES string of the molecule is COc1ccccc1Cc1cnc(C2CCCCN2Cc2ccccc2C(=O)O)o1. The van der Waals surface area contributed by atoms with Crippen LogP contribution in [-0.4, -0.2) is 34.6 Å². The van der Waals surface area contributed by atoms with E-state index in [1.165, 1.54) is 0 Å². The van der Waals surface area contributed by atoms with Crippen LogP contribution in [0.5, 0.6) is 5.75 Å². The van der Waals surface area contributed by atoms with E-state index in [1.807, 2.05) is 36.4 Å². The third-order valence-corrected chi connectivity index (χ3v) is 5.65. The molecule has 156 valence electrons. The molecule has 1 aliphatic rings. The summed E-state index contributed by atoms with van der Waals surface area (Å²) in [5.41, 5.74) is 2.22. The molecular weight excluding hydrogens is 380 g/mol.